The minimum Gasteiger partial charge on any atom is -0.497 e. The normalized spacial score (nSPS) is 18.1. The van der Waals surface area contributed by atoms with E-state index in [1.165, 1.54) is 0 Å². The lowest BCUT2D eigenvalue weighted by Crippen LogP contribution is -2.34. The highest BCUT2D eigenvalue weighted by atomic mass is 16.5. The first kappa shape index (κ1) is 15.6. The van der Waals surface area contributed by atoms with Crippen LogP contribution >= 0.6 is 0 Å². The summed E-state index contributed by atoms with van der Waals surface area (Å²) in [6.45, 7) is 1.50. The first-order valence-electron chi connectivity index (χ1n) is 7.34. The zero-order valence-corrected chi connectivity index (χ0v) is 13.0. The van der Waals surface area contributed by atoms with Crippen LogP contribution in [0.15, 0.2) is 18.2 Å². The average molecular weight is 292 g/mol. The Morgan fingerprint density at radius 2 is 2.14 bits per heavy atom. The number of hydrogen-bond acceptors (Lipinski definition) is 4. The number of nitrogens with zero attached hydrogens (tertiary/aromatic N) is 1. The van der Waals surface area contributed by atoms with Gasteiger partial charge in [-0.1, -0.05) is 0 Å². The largest absolute Gasteiger partial charge is 0.497 e. The van der Waals surface area contributed by atoms with E-state index in [0.717, 1.165) is 36.4 Å². The molecule has 1 fully saturated rings. The minimum atomic E-state index is 0.223. The Hall–Kier alpha value is -1.75. The molecular weight excluding hydrogens is 268 g/mol. The van der Waals surface area contributed by atoms with Crippen molar-refractivity contribution in [2.45, 2.75) is 31.8 Å². The lowest BCUT2D eigenvalue weighted by Gasteiger charge is -2.26. The van der Waals surface area contributed by atoms with Crippen molar-refractivity contribution in [2.24, 2.45) is 0 Å². The SMILES string of the molecule is CNCC[C@@H]1CCC(=O)N1Cc1cc(OC)ccc1OC. The Morgan fingerprint density at radius 1 is 1.33 bits per heavy atom. The van der Waals surface area contributed by atoms with Gasteiger partial charge in [-0.15, -0.1) is 0 Å². The zero-order chi connectivity index (χ0) is 15.2. The van der Waals surface area contributed by atoms with Gasteiger partial charge in [0.05, 0.1) is 14.2 Å². The van der Waals surface area contributed by atoms with Gasteiger partial charge in [0.1, 0.15) is 11.5 Å². The molecule has 1 heterocycles. The van der Waals surface area contributed by atoms with E-state index < -0.39 is 0 Å². The monoisotopic (exact) mass is 292 g/mol. The van der Waals surface area contributed by atoms with Crippen LogP contribution in [0.5, 0.6) is 11.5 Å². The topological polar surface area (TPSA) is 50.8 Å². The molecule has 5 heteroatoms. The molecule has 0 saturated carbocycles. The maximum absolute atomic E-state index is 12.1. The summed E-state index contributed by atoms with van der Waals surface area (Å²) in [6, 6.07) is 6.00. The van der Waals surface area contributed by atoms with E-state index in [2.05, 4.69) is 5.32 Å². The van der Waals surface area contributed by atoms with Crippen molar-refractivity contribution in [1.82, 2.24) is 10.2 Å². The molecule has 0 aliphatic carbocycles. The molecule has 0 bridgehead atoms. The van der Waals surface area contributed by atoms with E-state index in [0.29, 0.717) is 19.0 Å². The van der Waals surface area contributed by atoms with Gasteiger partial charge in [-0.25, -0.2) is 0 Å². The molecule has 1 aromatic carbocycles. The van der Waals surface area contributed by atoms with Crippen LogP contribution in [0.25, 0.3) is 0 Å². The average Bonchev–Trinajstić information content (AvgIpc) is 2.85. The predicted octanol–water partition coefficient (Wildman–Crippen LogP) is 1.80. The zero-order valence-electron chi connectivity index (χ0n) is 13.0. The van der Waals surface area contributed by atoms with Crippen molar-refractivity contribution in [3.05, 3.63) is 23.8 Å². The number of benzene rings is 1. The Kier molecular flexibility index (Phi) is 5.44. The molecule has 21 heavy (non-hydrogen) atoms. The smallest absolute Gasteiger partial charge is 0.223 e. The van der Waals surface area contributed by atoms with Crippen LogP contribution in [0.3, 0.4) is 0 Å². The quantitative estimate of drug-likeness (QED) is 0.832. The van der Waals surface area contributed by atoms with E-state index in [-0.39, 0.29) is 5.91 Å². The van der Waals surface area contributed by atoms with Gasteiger partial charge in [0.2, 0.25) is 5.91 Å². The van der Waals surface area contributed by atoms with Crippen LogP contribution in [0.1, 0.15) is 24.8 Å². The van der Waals surface area contributed by atoms with Crippen LogP contribution < -0.4 is 14.8 Å². The fraction of sp³-hybridized carbons (Fsp3) is 0.562. The van der Waals surface area contributed by atoms with E-state index in [1.807, 2.05) is 30.1 Å². The summed E-state index contributed by atoms with van der Waals surface area (Å²) < 4.78 is 10.7. The summed E-state index contributed by atoms with van der Waals surface area (Å²) in [7, 11) is 5.23. The van der Waals surface area contributed by atoms with Gasteiger partial charge in [0.25, 0.3) is 0 Å². The van der Waals surface area contributed by atoms with Crippen LogP contribution in [-0.2, 0) is 11.3 Å². The Labute approximate surface area is 126 Å². The molecule has 1 saturated heterocycles. The molecule has 0 unspecified atom stereocenters. The van der Waals surface area contributed by atoms with Crippen LogP contribution in [0, 0.1) is 0 Å². The van der Waals surface area contributed by atoms with E-state index in [9.17, 15) is 4.79 Å². The third-order valence-corrected chi connectivity index (χ3v) is 4.01. The van der Waals surface area contributed by atoms with Crippen LogP contribution in [0.4, 0.5) is 0 Å². The fourth-order valence-electron chi connectivity index (χ4n) is 2.81. The minimum absolute atomic E-state index is 0.223. The molecule has 116 valence electrons. The summed E-state index contributed by atoms with van der Waals surface area (Å²) in [6.07, 6.45) is 2.56. The Bertz CT molecular complexity index is 490. The number of carbonyl (C=O) groups is 1. The molecule has 1 atom stereocenters. The second-order valence-electron chi connectivity index (χ2n) is 5.28. The Balaban J connectivity index is 2.16. The third-order valence-electron chi connectivity index (χ3n) is 4.01. The van der Waals surface area contributed by atoms with Crippen molar-refractivity contribution in [3.63, 3.8) is 0 Å². The van der Waals surface area contributed by atoms with Gasteiger partial charge in [-0.2, -0.15) is 0 Å². The molecule has 0 aromatic heterocycles. The van der Waals surface area contributed by atoms with E-state index in [1.54, 1.807) is 14.2 Å². The van der Waals surface area contributed by atoms with Crippen molar-refractivity contribution < 1.29 is 14.3 Å². The summed E-state index contributed by atoms with van der Waals surface area (Å²) >= 11 is 0. The van der Waals surface area contributed by atoms with Gasteiger partial charge in [-0.05, 0) is 44.6 Å². The van der Waals surface area contributed by atoms with Crippen molar-refractivity contribution in [1.29, 1.82) is 0 Å². The number of carbonyl (C=O) groups excluding carboxylic acids is 1. The molecule has 0 spiro atoms. The molecule has 1 aliphatic heterocycles. The second-order valence-corrected chi connectivity index (χ2v) is 5.28. The highest BCUT2D eigenvalue weighted by Crippen LogP contribution is 2.29. The molecule has 1 aromatic rings. The van der Waals surface area contributed by atoms with Gasteiger partial charge < -0.3 is 19.7 Å². The summed E-state index contributed by atoms with van der Waals surface area (Å²) in [5.41, 5.74) is 0.988. The molecule has 2 rings (SSSR count). The van der Waals surface area contributed by atoms with Gasteiger partial charge >= 0.3 is 0 Å². The maximum atomic E-state index is 12.1. The number of ether oxygens (including phenoxy) is 2. The van der Waals surface area contributed by atoms with E-state index >= 15 is 0 Å². The Morgan fingerprint density at radius 3 is 2.81 bits per heavy atom. The fourth-order valence-corrected chi connectivity index (χ4v) is 2.81. The number of hydrogen-bond donors (Lipinski definition) is 1. The van der Waals surface area contributed by atoms with Gasteiger partial charge in [0.15, 0.2) is 0 Å². The van der Waals surface area contributed by atoms with Crippen molar-refractivity contribution in [3.8, 4) is 11.5 Å². The van der Waals surface area contributed by atoms with Crippen molar-refractivity contribution in [2.75, 3.05) is 27.8 Å². The summed E-state index contributed by atoms with van der Waals surface area (Å²) in [4.78, 5) is 14.1. The number of amides is 1. The molecular formula is C16H24N2O3. The highest BCUT2D eigenvalue weighted by Gasteiger charge is 2.30. The molecule has 5 nitrogen and oxygen atoms in total. The number of methoxy groups -OCH3 is 2. The molecule has 1 amide bonds. The maximum Gasteiger partial charge on any atom is 0.223 e. The first-order chi connectivity index (χ1) is 10.2. The second kappa shape index (κ2) is 7.31. The molecule has 1 aliphatic rings. The lowest BCUT2D eigenvalue weighted by molar-refractivity contribution is -0.129. The van der Waals surface area contributed by atoms with Gasteiger partial charge in [0, 0.05) is 24.6 Å². The summed E-state index contributed by atoms with van der Waals surface area (Å²) in [5.74, 6) is 1.80. The summed E-state index contributed by atoms with van der Waals surface area (Å²) in [5, 5.41) is 3.15. The highest BCUT2D eigenvalue weighted by molar-refractivity contribution is 5.78. The number of likely N-dealkylation sites (tertiary alicyclic amines) is 1. The molecule has 1 N–H and O–H groups in total. The predicted molar refractivity (Wildman–Crippen MR) is 81.7 cm³/mol. The lowest BCUT2D eigenvalue weighted by atomic mass is 10.1. The van der Waals surface area contributed by atoms with Gasteiger partial charge in [-0.3, -0.25) is 4.79 Å². The number of nitrogens with one attached hydrogen (secondary N) is 1. The number of rotatable bonds is 7. The first-order valence-corrected chi connectivity index (χ1v) is 7.34. The third kappa shape index (κ3) is 3.67. The van der Waals surface area contributed by atoms with Crippen LogP contribution in [-0.4, -0.2) is 44.7 Å². The standard InChI is InChI=1S/C16H24N2O3/c1-17-9-8-13-4-7-16(19)18(13)11-12-10-14(20-2)5-6-15(12)21-3/h5-6,10,13,17H,4,7-9,11H2,1-3H3/t13-/m0/s1. The van der Waals surface area contributed by atoms with E-state index in [4.69, 9.17) is 9.47 Å². The molecule has 0 radical (unpaired) electrons. The van der Waals surface area contributed by atoms with Crippen molar-refractivity contribution >= 4 is 5.91 Å². The van der Waals surface area contributed by atoms with Crippen LogP contribution in [0.2, 0.25) is 0 Å².